The van der Waals surface area contributed by atoms with Crippen molar-refractivity contribution in [2.75, 3.05) is 0 Å². The Morgan fingerprint density at radius 1 is 0.595 bits per heavy atom. The molecule has 0 atom stereocenters. The molecule has 0 fully saturated rings. The van der Waals surface area contributed by atoms with Gasteiger partial charge >= 0.3 is 0 Å². The van der Waals surface area contributed by atoms with Crippen LogP contribution in [-0.2, 0) is 18.3 Å². The molecule has 0 aromatic carbocycles. The van der Waals surface area contributed by atoms with Crippen LogP contribution in [0.3, 0.4) is 0 Å². The van der Waals surface area contributed by atoms with Gasteiger partial charge in [-0.1, -0.05) is 85.0 Å². The Morgan fingerprint density at radius 2 is 1.12 bits per heavy atom. The summed E-state index contributed by atoms with van der Waals surface area (Å²) in [6, 6.07) is 14.4. The van der Waals surface area contributed by atoms with Crippen molar-refractivity contribution < 1.29 is 0 Å². The first-order valence-corrected chi connectivity index (χ1v) is 19.2. The predicted octanol–water partition coefficient (Wildman–Crippen LogP) is 13.9. The minimum absolute atomic E-state index is 0.0170. The third kappa shape index (κ3) is 9.18. The molecule has 0 N–H and O–H groups in total. The lowest BCUT2D eigenvalue weighted by Crippen LogP contribution is -2.07. The van der Waals surface area contributed by atoms with Crippen molar-refractivity contribution in [3.05, 3.63) is 55.9 Å². The van der Waals surface area contributed by atoms with E-state index in [1.165, 1.54) is 114 Å². The summed E-state index contributed by atoms with van der Waals surface area (Å²) in [6.07, 6.45) is 12.9. The molecule has 0 aliphatic carbocycles. The molecule has 0 spiro atoms. The van der Waals surface area contributed by atoms with E-state index >= 15 is 0 Å². The number of thiophene rings is 4. The minimum Gasteiger partial charge on any atom is -0.140 e. The van der Waals surface area contributed by atoms with E-state index in [1.807, 2.05) is 45.3 Å². The second-order valence-corrected chi connectivity index (χ2v) is 18.1. The summed E-state index contributed by atoms with van der Waals surface area (Å²) < 4.78 is 0. The summed E-state index contributed by atoms with van der Waals surface area (Å²) in [5.74, 6) is 7.06. The van der Waals surface area contributed by atoms with Crippen LogP contribution in [0.5, 0.6) is 0 Å². The Morgan fingerprint density at radius 3 is 1.62 bits per heavy atom. The van der Waals surface area contributed by atoms with Crippen molar-refractivity contribution in [1.29, 1.82) is 0 Å². The van der Waals surface area contributed by atoms with Gasteiger partial charge in [0.2, 0.25) is 0 Å². The number of aryl methyl sites for hydroxylation is 2. The van der Waals surface area contributed by atoms with E-state index in [2.05, 4.69) is 104 Å². The van der Waals surface area contributed by atoms with Crippen molar-refractivity contribution in [1.82, 2.24) is 0 Å². The van der Waals surface area contributed by atoms with Gasteiger partial charge in [-0.2, -0.15) is 0 Å². The first-order valence-electron chi connectivity index (χ1n) is 16.0. The molecule has 4 heterocycles. The highest BCUT2D eigenvalue weighted by Gasteiger charge is 2.25. The SMILES string of the molecule is CCCCCCc1ccc(-c2cc(C#CC(C)(C)C)sc2-c2sc(C(C)(C)C)cc2-c2ccc(CCCCCC)s2)s1. The van der Waals surface area contributed by atoms with Crippen molar-refractivity contribution in [3.63, 3.8) is 0 Å². The zero-order valence-electron chi connectivity index (χ0n) is 27.2. The number of unbranched alkanes of at least 4 members (excludes halogenated alkanes) is 6. The van der Waals surface area contributed by atoms with E-state index in [-0.39, 0.29) is 10.8 Å². The van der Waals surface area contributed by atoms with E-state index in [9.17, 15) is 0 Å². The fourth-order valence-electron chi connectivity index (χ4n) is 4.93. The van der Waals surface area contributed by atoms with Gasteiger partial charge in [0.15, 0.2) is 0 Å². The molecular formula is C38H50S4. The standard InChI is InChI=1S/C38H50S4/c1-9-11-13-15-17-27-19-21-32(39-27)30-25-29(23-24-37(3,4)5)41-35(30)36-31(26-34(42-36)38(6,7)8)33-22-20-28(40-33)18-16-14-12-10-2/h19-22,25-26H,9-18H2,1-8H3. The van der Waals surface area contributed by atoms with Crippen molar-refractivity contribution >= 4 is 45.3 Å². The molecule has 0 saturated heterocycles. The summed E-state index contributed by atoms with van der Waals surface area (Å²) in [5, 5.41) is 0. The topological polar surface area (TPSA) is 0 Å². The van der Waals surface area contributed by atoms with Gasteiger partial charge in [0.1, 0.15) is 0 Å². The molecule has 4 rings (SSSR count). The molecule has 0 radical (unpaired) electrons. The second-order valence-electron chi connectivity index (χ2n) is 13.6. The number of hydrogen-bond donors (Lipinski definition) is 0. The number of rotatable bonds is 13. The van der Waals surface area contributed by atoms with Crippen LogP contribution in [0.1, 0.15) is 126 Å². The highest BCUT2D eigenvalue weighted by molar-refractivity contribution is 7.24. The van der Waals surface area contributed by atoms with Crippen molar-refractivity contribution in [3.8, 4) is 42.5 Å². The summed E-state index contributed by atoms with van der Waals surface area (Å²) in [7, 11) is 0. The Kier molecular flexibility index (Phi) is 11.8. The monoisotopic (exact) mass is 634 g/mol. The molecule has 0 bridgehead atoms. The Bertz CT molecular complexity index is 1480. The van der Waals surface area contributed by atoms with Crippen molar-refractivity contribution in [2.45, 2.75) is 125 Å². The van der Waals surface area contributed by atoms with Crippen LogP contribution in [0.2, 0.25) is 0 Å². The summed E-state index contributed by atoms with van der Waals surface area (Å²) >= 11 is 7.87. The Balaban J connectivity index is 1.77. The van der Waals surface area contributed by atoms with Gasteiger partial charge in [0.25, 0.3) is 0 Å². The van der Waals surface area contributed by atoms with Crippen LogP contribution >= 0.6 is 45.3 Å². The third-order valence-electron chi connectivity index (χ3n) is 7.38. The zero-order valence-corrected chi connectivity index (χ0v) is 30.4. The van der Waals surface area contributed by atoms with Gasteiger partial charge in [-0.25, -0.2) is 0 Å². The molecule has 4 heteroatoms. The maximum atomic E-state index is 3.55. The molecule has 42 heavy (non-hydrogen) atoms. The first-order chi connectivity index (χ1) is 20.0. The highest BCUT2D eigenvalue weighted by Crippen LogP contribution is 2.51. The molecule has 0 unspecified atom stereocenters. The molecule has 4 aromatic rings. The lowest BCUT2D eigenvalue weighted by Gasteiger charge is -2.15. The third-order valence-corrected chi connectivity index (χ3v) is 12.5. The highest BCUT2D eigenvalue weighted by atomic mass is 32.1. The molecule has 0 nitrogen and oxygen atoms in total. The normalized spacial score (nSPS) is 12.1. The summed E-state index contributed by atoms with van der Waals surface area (Å²) in [6.45, 7) is 18.2. The van der Waals surface area contributed by atoms with Gasteiger partial charge in [-0.3, -0.25) is 0 Å². The predicted molar refractivity (Wildman–Crippen MR) is 195 cm³/mol. The molecule has 0 aliphatic heterocycles. The smallest absolute Gasteiger partial charge is 0.0782 e. The maximum Gasteiger partial charge on any atom is 0.0782 e. The average Bonchev–Trinajstić information content (AvgIpc) is 3.72. The van der Waals surface area contributed by atoms with Gasteiger partial charge < -0.3 is 0 Å². The minimum atomic E-state index is -0.0170. The van der Waals surface area contributed by atoms with Gasteiger partial charge in [0.05, 0.1) is 14.6 Å². The Labute approximate surface area is 272 Å². The van der Waals surface area contributed by atoms with Gasteiger partial charge in [-0.15, -0.1) is 45.3 Å². The van der Waals surface area contributed by atoms with Crippen LogP contribution in [0.15, 0.2) is 36.4 Å². The molecule has 4 aromatic heterocycles. The van der Waals surface area contributed by atoms with Gasteiger partial charge in [0, 0.05) is 40.9 Å². The Hall–Kier alpha value is -1.64. The van der Waals surface area contributed by atoms with Crippen LogP contribution in [0.25, 0.3) is 30.6 Å². The van der Waals surface area contributed by atoms with Gasteiger partial charge in [-0.05, 0) is 88.3 Å². The van der Waals surface area contributed by atoms with E-state index < -0.39 is 0 Å². The maximum absolute atomic E-state index is 3.55. The first kappa shape index (κ1) is 33.3. The van der Waals surface area contributed by atoms with E-state index in [0.29, 0.717) is 0 Å². The van der Waals surface area contributed by atoms with E-state index in [4.69, 9.17) is 0 Å². The molecule has 0 saturated carbocycles. The number of hydrogen-bond acceptors (Lipinski definition) is 4. The van der Waals surface area contributed by atoms with E-state index in [1.54, 1.807) is 0 Å². The molecule has 0 aliphatic rings. The summed E-state index contributed by atoms with van der Waals surface area (Å²) in [5.41, 5.74) is 2.86. The zero-order chi connectivity index (χ0) is 30.3. The van der Waals surface area contributed by atoms with Crippen LogP contribution in [0.4, 0.5) is 0 Å². The van der Waals surface area contributed by atoms with Crippen LogP contribution in [-0.4, -0.2) is 0 Å². The van der Waals surface area contributed by atoms with Crippen LogP contribution < -0.4 is 0 Å². The van der Waals surface area contributed by atoms with E-state index in [0.717, 1.165) is 0 Å². The fourth-order valence-corrected chi connectivity index (χ4v) is 9.62. The molecule has 226 valence electrons. The average molecular weight is 635 g/mol. The fraction of sp³-hybridized carbons (Fsp3) is 0.526. The molecular weight excluding hydrogens is 585 g/mol. The van der Waals surface area contributed by atoms with Crippen molar-refractivity contribution in [2.24, 2.45) is 5.41 Å². The quantitative estimate of drug-likeness (QED) is 0.101. The lowest BCUT2D eigenvalue weighted by atomic mass is 9.94. The summed E-state index contributed by atoms with van der Waals surface area (Å²) in [4.78, 5) is 11.3. The van der Waals surface area contributed by atoms with Crippen LogP contribution in [0, 0.1) is 17.3 Å². The lowest BCUT2D eigenvalue weighted by molar-refractivity contribution is 0.571. The largest absolute Gasteiger partial charge is 0.140 e. The molecule has 0 amide bonds. The second kappa shape index (κ2) is 14.9.